The maximum absolute atomic E-state index is 13.1. The Balaban J connectivity index is 2.56. The minimum atomic E-state index is -1.16. The zero-order chi connectivity index (χ0) is 19.0. The van der Waals surface area contributed by atoms with Crippen LogP contribution < -0.4 is 21.9 Å². The molecule has 1 saturated carbocycles. The molecule has 25 heavy (non-hydrogen) atoms. The third kappa shape index (κ3) is 3.44. The van der Waals surface area contributed by atoms with Crippen molar-refractivity contribution in [1.29, 1.82) is 0 Å². The molecule has 0 aromatic carbocycles. The van der Waals surface area contributed by atoms with Crippen LogP contribution in [-0.4, -0.2) is 26.3 Å². The van der Waals surface area contributed by atoms with Gasteiger partial charge in [0.15, 0.2) is 5.69 Å². The molecule has 0 spiro atoms. The third-order valence-electron chi connectivity index (χ3n) is 4.64. The summed E-state index contributed by atoms with van der Waals surface area (Å²) < 4.78 is 0.112. The number of nitrogens with zero attached hydrogens (tertiary/aromatic N) is 2. The van der Waals surface area contributed by atoms with Gasteiger partial charge in [-0.15, -0.1) is 23.2 Å². The van der Waals surface area contributed by atoms with Crippen molar-refractivity contribution < 1.29 is 4.79 Å². The van der Waals surface area contributed by atoms with E-state index in [1.54, 1.807) is 6.92 Å². The summed E-state index contributed by atoms with van der Waals surface area (Å²) in [7, 11) is 0. The van der Waals surface area contributed by atoms with E-state index in [2.05, 4.69) is 4.98 Å². The molecule has 1 fully saturated rings. The van der Waals surface area contributed by atoms with E-state index in [0.717, 1.165) is 6.42 Å². The number of alkyl halides is 2. The second-order valence-electron chi connectivity index (χ2n) is 6.67. The quantitative estimate of drug-likeness (QED) is 0.696. The van der Waals surface area contributed by atoms with Crippen molar-refractivity contribution in [1.82, 2.24) is 9.55 Å². The lowest BCUT2D eigenvalue weighted by molar-refractivity contribution is -0.123. The van der Waals surface area contributed by atoms with Crippen LogP contribution in [0.15, 0.2) is 9.59 Å². The summed E-state index contributed by atoms with van der Waals surface area (Å²) in [5.41, 5.74) is 3.84. The molecule has 1 heterocycles. The topological polar surface area (TPSA) is 101 Å². The van der Waals surface area contributed by atoms with Gasteiger partial charge in [-0.05, 0) is 26.2 Å². The van der Waals surface area contributed by atoms with Crippen molar-refractivity contribution >= 4 is 40.6 Å². The van der Waals surface area contributed by atoms with Crippen molar-refractivity contribution in [3.63, 3.8) is 0 Å². The summed E-state index contributed by atoms with van der Waals surface area (Å²) >= 11 is 12.3. The number of anilines is 2. The average molecular weight is 391 g/mol. The molecule has 0 radical (unpaired) electrons. The first-order chi connectivity index (χ1) is 11.6. The lowest BCUT2D eigenvalue weighted by atomic mass is 10.1. The van der Waals surface area contributed by atoms with Crippen molar-refractivity contribution in [3.05, 3.63) is 20.8 Å². The molecule has 140 valence electrons. The first-order valence-electron chi connectivity index (χ1n) is 8.43. The third-order valence-corrected chi connectivity index (χ3v) is 5.74. The van der Waals surface area contributed by atoms with E-state index in [-0.39, 0.29) is 17.4 Å². The van der Waals surface area contributed by atoms with Crippen molar-refractivity contribution in [2.24, 2.45) is 5.41 Å². The number of nitrogen functional groups attached to an aromatic ring is 1. The van der Waals surface area contributed by atoms with Crippen LogP contribution in [0.25, 0.3) is 0 Å². The number of unbranched alkanes of at least 4 members (excludes halogenated alkanes) is 1. The van der Waals surface area contributed by atoms with Gasteiger partial charge in [0.05, 0.1) is 5.41 Å². The van der Waals surface area contributed by atoms with Crippen LogP contribution >= 0.6 is 23.2 Å². The molecule has 9 heteroatoms. The number of aromatic nitrogens is 2. The molecule has 0 saturated heterocycles. The fourth-order valence-electron chi connectivity index (χ4n) is 2.84. The lowest BCUT2D eigenvalue weighted by Crippen LogP contribution is -2.45. The van der Waals surface area contributed by atoms with E-state index in [1.807, 2.05) is 13.8 Å². The molecule has 0 aliphatic heterocycles. The zero-order valence-corrected chi connectivity index (χ0v) is 16.2. The van der Waals surface area contributed by atoms with Crippen LogP contribution in [0.3, 0.4) is 0 Å². The Kier molecular flexibility index (Phi) is 5.59. The number of rotatable bonds is 7. The second-order valence-corrected chi connectivity index (χ2v) is 8.15. The van der Waals surface area contributed by atoms with E-state index in [4.69, 9.17) is 28.9 Å². The molecule has 1 unspecified atom stereocenters. The zero-order valence-electron chi connectivity index (χ0n) is 14.7. The standard InChI is InChI=1S/C16H24Cl2N4O3/c1-4-6-8-21(13(24)15(3)9-16(15,17)18)10-11(19)22(7-5-2)14(25)20-12(10)23/h4-9,19H2,1-3H3,(H,20,23,25). The van der Waals surface area contributed by atoms with Crippen LogP contribution in [-0.2, 0) is 11.3 Å². The van der Waals surface area contributed by atoms with Gasteiger partial charge < -0.3 is 10.6 Å². The Bertz CT molecular complexity index is 787. The fraction of sp³-hybridized carbons (Fsp3) is 0.688. The average Bonchev–Trinajstić information content (AvgIpc) is 3.05. The molecule has 1 atom stereocenters. The first-order valence-corrected chi connectivity index (χ1v) is 9.18. The molecule has 1 aliphatic rings. The van der Waals surface area contributed by atoms with Gasteiger partial charge in [-0.3, -0.25) is 19.1 Å². The van der Waals surface area contributed by atoms with Crippen molar-refractivity contribution in [3.8, 4) is 0 Å². The van der Waals surface area contributed by atoms with Gasteiger partial charge in [-0.25, -0.2) is 4.79 Å². The normalized spacial score (nSPS) is 21.2. The highest BCUT2D eigenvalue weighted by atomic mass is 35.5. The number of halogens is 2. The van der Waals surface area contributed by atoms with Crippen LogP contribution in [0, 0.1) is 5.41 Å². The number of amides is 1. The molecule has 1 aromatic heterocycles. The second kappa shape index (κ2) is 7.03. The molecule has 2 rings (SSSR count). The number of hydrogen-bond donors (Lipinski definition) is 2. The Morgan fingerprint density at radius 2 is 1.92 bits per heavy atom. The van der Waals surface area contributed by atoms with Crippen LogP contribution in [0.1, 0.15) is 46.5 Å². The summed E-state index contributed by atoms with van der Waals surface area (Å²) in [6.45, 7) is 6.17. The highest BCUT2D eigenvalue weighted by Crippen LogP contribution is 2.64. The number of carbonyl (C=O) groups excluding carboxylic acids is 1. The van der Waals surface area contributed by atoms with E-state index < -0.39 is 21.0 Å². The molecule has 3 N–H and O–H groups in total. The van der Waals surface area contributed by atoms with Gasteiger partial charge in [-0.1, -0.05) is 20.3 Å². The predicted octanol–water partition coefficient (Wildman–Crippen LogP) is 2.25. The van der Waals surface area contributed by atoms with Crippen molar-refractivity contribution in [2.45, 2.75) is 57.3 Å². The van der Waals surface area contributed by atoms with Gasteiger partial charge in [-0.2, -0.15) is 0 Å². The summed E-state index contributed by atoms with van der Waals surface area (Å²) in [5.74, 6) is -0.371. The van der Waals surface area contributed by atoms with Crippen LogP contribution in [0.2, 0.25) is 0 Å². The number of H-pyrrole nitrogens is 1. The maximum atomic E-state index is 13.1. The van der Waals surface area contributed by atoms with Crippen LogP contribution in [0.4, 0.5) is 11.5 Å². The van der Waals surface area contributed by atoms with Gasteiger partial charge >= 0.3 is 5.69 Å². The Morgan fingerprint density at radius 1 is 1.32 bits per heavy atom. The Hall–Kier alpha value is -1.47. The number of nitrogens with two attached hydrogens (primary N) is 1. The molecule has 1 aliphatic carbocycles. The molecule has 1 amide bonds. The van der Waals surface area contributed by atoms with Gasteiger partial charge in [0.25, 0.3) is 5.56 Å². The molecule has 0 bridgehead atoms. The van der Waals surface area contributed by atoms with E-state index in [9.17, 15) is 14.4 Å². The number of carbonyl (C=O) groups is 1. The maximum Gasteiger partial charge on any atom is 0.330 e. The minimum absolute atomic E-state index is 0.0104. The smallest absolute Gasteiger partial charge is 0.330 e. The predicted molar refractivity (Wildman–Crippen MR) is 100 cm³/mol. The summed E-state index contributed by atoms with van der Waals surface area (Å²) in [6.07, 6.45) is 2.45. The Morgan fingerprint density at radius 3 is 2.40 bits per heavy atom. The number of hydrogen-bond acceptors (Lipinski definition) is 4. The van der Waals surface area contributed by atoms with E-state index in [0.29, 0.717) is 32.4 Å². The summed E-state index contributed by atoms with van der Waals surface area (Å²) in [6, 6.07) is 0. The fourth-order valence-corrected chi connectivity index (χ4v) is 3.54. The highest BCUT2D eigenvalue weighted by molar-refractivity contribution is 6.53. The molecule has 7 nitrogen and oxygen atoms in total. The van der Waals surface area contributed by atoms with Gasteiger partial charge in [0.1, 0.15) is 10.2 Å². The first kappa shape index (κ1) is 19.8. The Labute approximate surface area is 156 Å². The molecule has 1 aromatic rings. The number of aromatic amines is 1. The molecular formula is C16H24Cl2N4O3. The lowest BCUT2D eigenvalue weighted by Gasteiger charge is -2.27. The minimum Gasteiger partial charge on any atom is -0.383 e. The van der Waals surface area contributed by atoms with E-state index in [1.165, 1.54) is 9.47 Å². The van der Waals surface area contributed by atoms with Gasteiger partial charge in [0.2, 0.25) is 5.91 Å². The monoisotopic (exact) mass is 390 g/mol. The number of nitrogens with one attached hydrogen (secondary N) is 1. The largest absolute Gasteiger partial charge is 0.383 e. The SMILES string of the molecule is CCCCN(C(=O)C1(C)CC1(Cl)Cl)c1c(N)n(CCC)c(=O)[nH]c1=O. The molecular weight excluding hydrogens is 367 g/mol. The van der Waals surface area contributed by atoms with Crippen LogP contribution in [0.5, 0.6) is 0 Å². The highest BCUT2D eigenvalue weighted by Gasteiger charge is 2.69. The summed E-state index contributed by atoms with van der Waals surface area (Å²) in [4.78, 5) is 41.1. The summed E-state index contributed by atoms with van der Waals surface area (Å²) in [5, 5.41) is 0. The van der Waals surface area contributed by atoms with Gasteiger partial charge in [0, 0.05) is 13.1 Å². The van der Waals surface area contributed by atoms with Crippen molar-refractivity contribution in [2.75, 3.05) is 17.2 Å². The van der Waals surface area contributed by atoms with E-state index >= 15 is 0 Å².